The Balaban J connectivity index is 1.45. The molecular weight excluding hydrogens is 414 g/mol. The molecule has 0 bridgehead atoms. The third kappa shape index (κ3) is 5.05. The van der Waals surface area contributed by atoms with Gasteiger partial charge in [0.05, 0.1) is 9.90 Å². The smallest absolute Gasteiger partial charge is 0.241 e. The fraction of sp³-hybridized carbons (Fsp3) is 0.500. The zero-order chi connectivity index (χ0) is 20.1. The van der Waals surface area contributed by atoms with Crippen molar-refractivity contribution in [3.05, 3.63) is 33.3 Å². The lowest BCUT2D eigenvalue weighted by Crippen LogP contribution is -2.53. The van der Waals surface area contributed by atoms with E-state index in [0.29, 0.717) is 18.0 Å². The molecule has 1 aliphatic heterocycles. The summed E-state index contributed by atoms with van der Waals surface area (Å²) in [7, 11) is -1.71. The first-order valence-electron chi connectivity index (χ1n) is 9.21. The van der Waals surface area contributed by atoms with Crippen molar-refractivity contribution in [1.29, 1.82) is 0 Å². The maximum atomic E-state index is 12.5. The van der Waals surface area contributed by atoms with Gasteiger partial charge in [0.1, 0.15) is 0 Å². The van der Waals surface area contributed by atoms with Crippen LogP contribution in [0, 0.1) is 13.8 Å². The third-order valence-electron chi connectivity index (χ3n) is 4.59. The highest BCUT2D eigenvalue weighted by atomic mass is 32.2. The molecule has 0 radical (unpaired) electrons. The Hall–Kier alpha value is -1.62. The van der Waals surface area contributed by atoms with E-state index in [-0.39, 0.29) is 0 Å². The molecule has 3 rings (SSSR count). The molecule has 0 saturated carbocycles. The number of thiophene rings is 2. The van der Waals surface area contributed by atoms with Crippen LogP contribution < -0.4 is 14.9 Å². The number of nitrogens with one attached hydrogen (secondary N) is 2. The van der Waals surface area contributed by atoms with Crippen LogP contribution in [-0.2, 0) is 10.0 Å². The molecule has 1 aliphatic rings. The van der Waals surface area contributed by atoms with Gasteiger partial charge < -0.3 is 15.1 Å². The summed E-state index contributed by atoms with van der Waals surface area (Å²) in [5.74, 6) is 0.813. The quantitative estimate of drug-likeness (QED) is 0.408. The summed E-state index contributed by atoms with van der Waals surface area (Å²) in [4.78, 5) is 11.1. The van der Waals surface area contributed by atoms with Crippen LogP contribution in [0.15, 0.2) is 33.5 Å². The van der Waals surface area contributed by atoms with Gasteiger partial charge >= 0.3 is 0 Å². The van der Waals surface area contributed by atoms with Crippen LogP contribution in [0.5, 0.6) is 0 Å². The number of aliphatic imine (C=N–C) groups is 1. The molecule has 1 saturated heterocycles. The van der Waals surface area contributed by atoms with Crippen LogP contribution in [-0.4, -0.2) is 65.6 Å². The summed E-state index contributed by atoms with van der Waals surface area (Å²) in [6.07, 6.45) is 0. The van der Waals surface area contributed by atoms with Gasteiger partial charge in [-0.15, -0.1) is 22.7 Å². The standard InChI is InChI=1S/C18H27N5O2S3/c1-14-13-16(15(2)27-14)28(24,25)21-7-6-20-18(19-3)23-10-8-22(9-11-23)17-5-4-12-26-17/h4-5,12-13,21H,6-11H2,1-3H3,(H,19,20). The van der Waals surface area contributed by atoms with Crippen molar-refractivity contribution in [1.82, 2.24) is 14.9 Å². The largest absolute Gasteiger partial charge is 0.360 e. The van der Waals surface area contributed by atoms with Gasteiger partial charge in [-0.25, -0.2) is 13.1 Å². The molecule has 0 atom stereocenters. The molecule has 0 aromatic carbocycles. The van der Waals surface area contributed by atoms with Gasteiger partial charge in [-0.1, -0.05) is 0 Å². The summed E-state index contributed by atoms with van der Waals surface area (Å²) in [6, 6.07) is 5.95. The fourth-order valence-electron chi connectivity index (χ4n) is 3.23. The van der Waals surface area contributed by atoms with Crippen LogP contribution in [0.2, 0.25) is 0 Å². The van der Waals surface area contributed by atoms with Crippen LogP contribution in [0.25, 0.3) is 0 Å². The number of rotatable bonds is 6. The monoisotopic (exact) mass is 441 g/mol. The summed E-state index contributed by atoms with van der Waals surface area (Å²) in [5, 5.41) is 6.67. The first kappa shape index (κ1) is 21.1. The molecule has 7 nitrogen and oxygen atoms in total. The molecule has 2 aromatic rings. The molecule has 2 N–H and O–H groups in total. The minimum absolute atomic E-state index is 0.310. The third-order valence-corrected chi connectivity index (χ3v) is 8.21. The van der Waals surface area contributed by atoms with Gasteiger partial charge in [0, 0.05) is 56.1 Å². The number of hydrogen-bond acceptors (Lipinski definition) is 6. The van der Waals surface area contributed by atoms with Crippen molar-refractivity contribution < 1.29 is 8.42 Å². The molecule has 2 aromatic heterocycles. The normalized spacial score (nSPS) is 15.9. The second kappa shape index (κ2) is 9.25. The van der Waals surface area contributed by atoms with Gasteiger partial charge in [-0.2, -0.15) is 0 Å². The van der Waals surface area contributed by atoms with Crippen molar-refractivity contribution >= 4 is 43.7 Å². The highest BCUT2D eigenvalue weighted by Gasteiger charge is 2.21. The van der Waals surface area contributed by atoms with Crippen LogP contribution >= 0.6 is 22.7 Å². The van der Waals surface area contributed by atoms with Crippen molar-refractivity contribution in [2.24, 2.45) is 4.99 Å². The van der Waals surface area contributed by atoms with Gasteiger partial charge in [0.2, 0.25) is 10.0 Å². The lowest BCUT2D eigenvalue weighted by molar-refractivity contribution is 0.374. The number of guanidine groups is 1. The van der Waals surface area contributed by atoms with E-state index in [1.807, 2.05) is 13.8 Å². The van der Waals surface area contributed by atoms with Crippen LogP contribution in [0.1, 0.15) is 9.75 Å². The first-order valence-corrected chi connectivity index (χ1v) is 12.4. The second-order valence-corrected chi connectivity index (χ2v) is 10.7. The van der Waals surface area contributed by atoms with E-state index >= 15 is 0 Å². The van der Waals surface area contributed by atoms with E-state index in [0.717, 1.165) is 41.9 Å². The van der Waals surface area contributed by atoms with Crippen molar-refractivity contribution in [3.63, 3.8) is 0 Å². The van der Waals surface area contributed by atoms with Gasteiger partial charge in [-0.3, -0.25) is 4.99 Å². The number of aryl methyl sites for hydroxylation is 2. The van der Waals surface area contributed by atoms with Crippen LogP contribution in [0.3, 0.4) is 0 Å². The number of piperazine rings is 1. The Morgan fingerprint density at radius 3 is 2.54 bits per heavy atom. The average molecular weight is 442 g/mol. The summed E-state index contributed by atoms with van der Waals surface area (Å²) >= 11 is 3.26. The summed E-state index contributed by atoms with van der Waals surface area (Å²) < 4.78 is 27.6. The van der Waals surface area contributed by atoms with Gasteiger partial charge in [0.15, 0.2) is 5.96 Å². The summed E-state index contributed by atoms with van der Waals surface area (Å²) in [6.45, 7) is 8.22. The SMILES string of the molecule is CN=C(NCCNS(=O)(=O)c1cc(C)sc1C)N1CCN(c2cccs2)CC1. The number of nitrogens with zero attached hydrogens (tertiary/aromatic N) is 3. The predicted octanol–water partition coefficient (Wildman–Crippen LogP) is 2.10. The van der Waals surface area contributed by atoms with E-state index < -0.39 is 10.0 Å². The molecule has 3 heterocycles. The number of hydrogen-bond donors (Lipinski definition) is 2. The molecule has 0 aliphatic carbocycles. The predicted molar refractivity (Wildman–Crippen MR) is 118 cm³/mol. The van der Waals surface area contributed by atoms with Gasteiger partial charge in [0.25, 0.3) is 0 Å². The molecule has 0 amide bonds. The van der Waals surface area contributed by atoms with Crippen molar-refractivity contribution in [2.45, 2.75) is 18.7 Å². The van der Waals surface area contributed by atoms with E-state index in [1.165, 1.54) is 16.3 Å². The minimum atomic E-state index is -3.47. The summed E-state index contributed by atoms with van der Waals surface area (Å²) in [5.41, 5.74) is 0. The molecule has 0 spiro atoms. The Labute approximate surface area is 175 Å². The lowest BCUT2D eigenvalue weighted by Gasteiger charge is -2.37. The highest BCUT2D eigenvalue weighted by Crippen LogP contribution is 2.24. The topological polar surface area (TPSA) is 77.0 Å². The fourth-order valence-corrected chi connectivity index (χ4v) is 6.60. The van der Waals surface area contributed by atoms with Crippen molar-refractivity contribution in [2.75, 3.05) is 51.2 Å². The maximum Gasteiger partial charge on any atom is 0.241 e. The van der Waals surface area contributed by atoms with E-state index in [1.54, 1.807) is 24.5 Å². The highest BCUT2D eigenvalue weighted by molar-refractivity contribution is 7.89. The Kier molecular flexibility index (Phi) is 6.97. The number of anilines is 1. The molecule has 10 heteroatoms. The molecule has 1 fully saturated rings. The van der Waals surface area contributed by atoms with Crippen molar-refractivity contribution in [3.8, 4) is 0 Å². The van der Waals surface area contributed by atoms with E-state index in [4.69, 9.17) is 0 Å². The Morgan fingerprint density at radius 2 is 1.96 bits per heavy atom. The Morgan fingerprint density at radius 1 is 1.21 bits per heavy atom. The Bertz CT molecular complexity index is 898. The first-order chi connectivity index (χ1) is 13.4. The number of sulfonamides is 1. The maximum absolute atomic E-state index is 12.5. The van der Waals surface area contributed by atoms with E-state index in [9.17, 15) is 8.42 Å². The average Bonchev–Trinajstić information content (AvgIpc) is 3.32. The van der Waals surface area contributed by atoms with Gasteiger partial charge in [-0.05, 0) is 37.4 Å². The second-order valence-electron chi connectivity index (χ2n) is 6.57. The van der Waals surface area contributed by atoms with Crippen LogP contribution in [0.4, 0.5) is 5.00 Å². The van der Waals surface area contributed by atoms with E-state index in [2.05, 4.69) is 42.3 Å². The zero-order valence-electron chi connectivity index (χ0n) is 16.4. The molecule has 0 unspecified atom stereocenters. The molecule has 28 heavy (non-hydrogen) atoms. The molecule has 154 valence electrons. The minimum Gasteiger partial charge on any atom is -0.360 e. The zero-order valence-corrected chi connectivity index (χ0v) is 18.9. The molecular formula is C18H27N5O2S3. The lowest BCUT2D eigenvalue weighted by atomic mass is 10.3.